The molecule has 0 fully saturated rings. The highest BCUT2D eigenvalue weighted by Crippen LogP contribution is 2.05. The molecule has 0 unspecified atom stereocenters. The van der Waals surface area contributed by atoms with Crippen molar-refractivity contribution in [3.8, 4) is 154 Å². The summed E-state index contributed by atoms with van der Waals surface area (Å²) in [6.45, 7) is 6.40. The van der Waals surface area contributed by atoms with Gasteiger partial charge in [-0.3, -0.25) is 9.59 Å². The molecule has 2 nitrogen and oxygen atoms in total. The normalized spacial score (nSPS) is 5.60. The summed E-state index contributed by atoms with van der Waals surface area (Å²) in [5.41, 5.74) is 1.28. The standard InChI is InChI=1S/C28H6.C10H10O2/c1-3-5-7-9-11-13-15-17-19-21-23-25-27-28-26-24-22-20-18-16-14-12-10-8-6-4-2;1-7(11)9-3-5-10(6-4-9)8(2)12/h1-2H3;3-6H,1-2H3. The summed E-state index contributed by atoms with van der Waals surface area (Å²) in [5, 5.41) is 0. The van der Waals surface area contributed by atoms with Gasteiger partial charge in [0, 0.05) is 58.5 Å². The Morgan fingerprint density at radius 2 is 0.500 bits per heavy atom. The van der Waals surface area contributed by atoms with Crippen molar-refractivity contribution in [2.24, 2.45) is 0 Å². The molecule has 0 aliphatic rings. The maximum Gasteiger partial charge on any atom is 0.159 e. The van der Waals surface area contributed by atoms with Gasteiger partial charge in [0.2, 0.25) is 0 Å². The highest BCUT2D eigenvalue weighted by Gasteiger charge is 2.00. The predicted molar refractivity (Wildman–Crippen MR) is 159 cm³/mol. The van der Waals surface area contributed by atoms with E-state index in [-0.39, 0.29) is 11.6 Å². The minimum atomic E-state index is 0.0186. The second-order valence-electron chi connectivity index (χ2n) is 6.19. The third kappa shape index (κ3) is 21.4. The summed E-state index contributed by atoms with van der Waals surface area (Å²) in [7, 11) is 0. The zero-order valence-corrected chi connectivity index (χ0v) is 22.1. The number of benzene rings is 1. The fraction of sp³-hybridized carbons (Fsp3) is 0.105. The van der Waals surface area contributed by atoms with Gasteiger partial charge in [-0.15, -0.1) is 0 Å². The van der Waals surface area contributed by atoms with E-state index in [9.17, 15) is 9.59 Å². The molecule has 0 bridgehead atoms. The van der Waals surface area contributed by atoms with E-state index in [0.717, 1.165) is 0 Å². The molecule has 0 amide bonds. The van der Waals surface area contributed by atoms with Crippen LogP contribution in [-0.2, 0) is 0 Å². The molecular weight excluding hydrogens is 488 g/mol. The smallest absolute Gasteiger partial charge is 0.159 e. The summed E-state index contributed by atoms with van der Waals surface area (Å²) < 4.78 is 0. The van der Waals surface area contributed by atoms with Gasteiger partial charge in [-0.1, -0.05) is 36.1 Å². The van der Waals surface area contributed by atoms with Gasteiger partial charge in [-0.05, 0) is 122 Å². The van der Waals surface area contributed by atoms with Crippen molar-refractivity contribution >= 4 is 11.6 Å². The first kappa shape index (κ1) is 32.8. The van der Waals surface area contributed by atoms with Crippen molar-refractivity contribution in [2.45, 2.75) is 27.7 Å². The number of carbonyl (C=O) groups is 2. The Hall–Kier alpha value is -7.16. The van der Waals surface area contributed by atoms with Crippen LogP contribution in [0.15, 0.2) is 24.3 Å². The van der Waals surface area contributed by atoms with Crippen molar-refractivity contribution < 1.29 is 9.59 Å². The average Bonchev–Trinajstić information content (AvgIpc) is 2.95. The molecule has 0 saturated heterocycles. The van der Waals surface area contributed by atoms with Gasteiger partial charge < -0.3 is 0 Å². The van der Waals surface area contributed by atoms with Gasteiger partial charge in [0.25, 0.3) is 0 Å². The second-order valence-corrected chi connectivity index (χ2v) is 6.19. The molecule has 0 aromatic heterocycles. The molecule has 1 aromatic rings. The Balaban J connectivity index is 0.00000104. The largest absolute Gasteiger partial charge is 0.295 e. The SMILES string of the molecule is CC#CC#CC#CC#CC#CC#CC#CC#CC#CC#CC#CC#CC#CC.CC(=O)c1ccc(C(C)=O)cc1. The first-order chi connectivity index (χ1) is 19.5. The van der Waals surface area contributed by atoms with E-state index < -0.39 is 0 Å². The number of rotatable bonds is 2. The van der Waals surface area contributed by atoms with Gasteiger partial charge in [0.1, 0.15) is 0 Å². The number of carbonyl (C=O) groups excluding carboxylic acids is 2. The molecule has 2 heteroatoms. The lowest BCUT2D eigenvalue weighted by molar-refractivity contribution is 0.100. The Labute approximate surface area is 237 Å². The molecule has 0 heterocycles. The highest BCUT2D eigenvalue weighted by molar-refractivity contribution is 5.97. The summed E-state index contributed by atoms with van der Waals surface area (Å²) in [6.07, 6.45) is 0. The highest BCUT2D eigenvalue weighted by atomic mass is 16.1. The van der Waals surface area contributed by atoms with Crippen LogP contribution < -0.4 is 0 Å². The minimum absolute atomic E-state index is 0.0186. The van der Waals surface area contributed by atoms with Crippen LogP contribution in [0.2, 0.25) is 0 Å². The number of hydrogen-bond donors (Lipinski definition) is 0. The van der Waals surface area contributed by atoms with Crippen molar-refractivity contribution in [3.05, 3.63) is 35.4 Å². The van der Waals surface area contributed by atoms with E-state index in [1.807, 2.05) is 0 Å². The molecule has 40 heavy (non-hydrogen) atoms. The summed E-state index contributed by atoms with van der Waals surface area (Å²) >= 11 is 0. The van der Waals surface area contributed by atoms with Crippen molar-refractivity contribution in [1.29, 1.82) is 0 Å². The van der Waals surface area contributed by atoms with Crippen molar-refractivity contribution in [3.63, 3.8) is 0 Å². The van der Waals surface area contributed by atoms with E-state index >= 15 is 0 Å². The summed E-state index contributed by atoms with van der Waals surface area (Å²) in [4.78, 5) is 21.7. The molecule has 0 radical (unpaired) electrons. The van der Waals surface area contributed by atoms with Crippen LogP contribution in [0.3, 0.4) is 0 Å². The van der Waals surface area contributed by atoms with Crippen LogP contribution in [0.5, 0.6) is 0 Å². The van der Waals surface area contributed by atoms with E-state index in [4.69, 9.17) is 0 Å². The third-order valence-corrected chi connectivity index (χ3v) is 3.39. The lowest BCUT2D eigenvalue weighted by Crippen LogP contribution is -1.95. The summed E-state index contributed by atoms with van der Waals surface area (Å²) in [5.74, 6) is 65.6. The van der Waals surface area contributed by atoms with Gasteiger partial charge in [-0.25, -0.2) is 0 Å². The quantitative estimate of drug-likeness (QED) is 0.458. The molecule has 1 rings (SSSR count). The molecule has 0 spiro atoms. The summed E-state index contributed by atoms with van der Waals surface area (Å²) in [6, 6.07) is 6.66. The van der Waals surface area contributed by atoms with E-state index in [1.54, 1.807) is 38.1 Å². The molecule has 0 aliphatic carbocycles. The second kappa shape index (κ2) is 24.9. The Morgan fingerprint density at radius 3 is 0.625 bits per heavy atom. The molecule has 0 atom stereocenters. The molecule has 1 aromatic carbocycles. The maximum atomic E-state index is 10.8. The Kier molecular flexibility index (Phi) is 20.5. The van der Waals surface area contributed by atoms with Crippen molar-refractivity contribution in [2.75, 3.05) is 0 Å². The van der Waals surface area contributed by atoms with Crippen LogP contribution in [0.25, 0.3) is 0 Å². The van der Waals surface area contributed by atoms with Gasteiger partial charge in [-0.2, -0.15) is 0 Å². The Bertz CT molecular complexity index is 1820. The minimum Gasteiger partial charge on any atom is -0.295 e. The monoisotopic (exact) mass is 504 g/mol. The van der Waals surface area contributed by atoms with Crippen LogP contribution in [0, 0.1) is 154 Å². The zero-order valence-electron chi connectivity index (χ0n) is 22.1. The van der Waals surface area contributed by atoms with E-state index in [0.29, 0.717) is 11.1 Å². The maximum absolute atomic E-state index is 10.8. The first-order valence-corrected chi connectivity index (χ1v) is 11.0. The molecule has 180 valence electrons. The van der Waals surface area contributed by atoms with Gasteiger partial charge in [0.05, 0.1) is 0 Å². The average molecular weight is 505 g/mol. The zero-order chi connectivity index (χ0) is 29.5. The molecule has 0 saturated carbocycles. The first-order valence-electron chi connectivity index (χ1n) is 11.0. The fourth-order valence-corrected chi connectivity index (χ4v) is 1.75. The van der Waals surface area contributed by atoms with Crippen molar-refractivity contribution in [1.82, 2.24) is 0 Å². The van der Waals surface area contributed by atoms with Crippen LogP contribution in [-0.4, -0.2) is 11.6 Å². The van der Waals surface area contributed by atoms with E-state index in [1.165, 1.54) is 13.8 Å². The predicted octanol–water partition coefficient (Wildman–Crippen LogP) is 3.16. The van der Waals surface area contributed by atoms with Gasteiger partial charge >= 0.3 is 0 Å². The van der Waals surface area contributed by atoms with Crippen LogP contribution in [0.1, 0.15) is 48.4 Å². The number of Topliss-reactive ketones (excluding diaryl/α,β-unsaturated/α-hetero) is 2. The Morgan fingerprint density at radius 1 is 0.350 bits per heavy atom. The topological polar surface area (TPSA) is 34.1 Å². The van der Waals surface area contributed by atoms with Gasteiger partial charge in [0.15, 0.2) is 11.6 Å². The van der Waals surface area contributed by atoms with Crippen LogP contribution in [0.4, 0.5) is 0 Å². The number of ketones is 2. The lowest BCUT2D eigenvalue weighted by atomic mass is 10.1. The third-order valence-electron chi connectivity index (χ3n) is 3.39. The fourth-order valence-electron chi connectivity index (χ4n) is 1.75. The van der Waals surface area contributed by atoms with Crippen LogP contribution >= 0.6 is 0 Å². The lowest BCUT2D eigenvalue weighted by Gasteiger charge is -1.96. The number of hydrogen-bond acceptors (Lipinski definition) is 2. The molecule has 0 aliphatic heterocycles. The van der Waals surface area contributed by atoms with E-state index in [2.05, 4.69) is 154 Å². The molecular formula is C38H16O2. The molecule has 0 N–H and O–H groups in total.